The Bertz CT molecular complexity index is 571. The third-order valence-corrected chi connectivity index (χ3v) is 3.72. The normalized spacial score (nSPS) is 13.9. The van der Waals surface area contributed by atoms with Crippen LogP contribution in [-0.4, -0.2) is 11.5 Å². The van der Waals surface area contributed by atoms with Crippen LogP contribution in [0.2, 0.25) is 5.02 Å². The van der Waals surface area contributed by atoms with Gasteiger partial charge in [0.25, 0.3) is 0 Å². The highest BCUT2D eigenvalue weighted by Crippen LogP contribution is 2.37. The van der Waals surface area contributed by atoms with Gasteiger partial charge in [-0.15, -0.1) is 0 Å². The zero-order valence-electron chi connectivity index (χ0n) is 9.03. The molecule has 1 aliphatic rings. The van der Waals surface area contributed by atoms with Crippen molar-refractivity contribution in [3.63, 3.8) is 0 Å². The predicted molar refractivity (Wildman–Crippen MR) is 74.1 cm³/mol. The van der Waals surface area contributed by atoms with E-state index in [1.807, 2.05) is 6.07 Å². The second-order valence-electron chi connectivity index (χ2n) is 3.99. The smallest absolute Gasteiger partial charge is 0.147 e. The molecule has 1 aliphatic heterocycles. The lowest BCUT2D eigenvalue weighted by Crippen LogP contribution is -2.15. The minimum Gasteiger partial charge on any atom is -0.325 e. The number of halogens is 2. The van der Waals surface area contributed by atoms with E-state index >= 15 is 0 Å². The summed E-state index contributed by atoms with van der Waals surface area (Å²) in [5.74, 6) is 0.930. The SMILES string of the molecule is Clc1cnc(N2CCc3ccccc32)c(Br)c1. The molecule has 17 heavy (non-hydrogen) atoms. The first-order chi connectivity index (χ1) is 8.25. The first-order valence-corrected chi connectivity index (χ1v) is 6.59. The fourth-order valence-corrected chi connectivity index (χ4v) is 3.02. The Morgan fingerprint density at radius 1 is 1.29 bits per heavy atom. The van der Waals surface area contributed by atoms with Gasteiger partial charge in [0.2, 0.25) is 0 Å². The molecule has 0 aliphatic carbocycles. The Morgan fingerprint density at radius 2 is 2.12 bits per heavy atom. The van der Waals surface area contributed by atoms with Gasteiger partial charge in [0.15, 0.2) is 0 Å². The van der Waals surface area contributed by atoms with Crippen LogP contribution in [0.25, 0.3) is 0 Å². The van der Waals surface area contributed by atoms with Crippen LogP contribution >= 0.6 is 27.5 Å². The van der Waals surface area contributed by atoms with Crippen LogP contribution in [0.1, 0.15) is 5.56 Å². The van der Waals surface area contributed by atoms with Crippen molar-refractivity contribution in [1.82, 2.24) is 4.98 Å². The average molecular weight is 310 g/mol. The number of rotatable bonds is 1. The predicted octanol–water partition coefficient (Wildman–Crippen LogP) is 4.19. The molecule has 0 atom stereocenters. The minimum atomic E-state index is 0.646. The van der Waals surface area contributed by atoms with Crippen molar-refractivity contribution in [1.29, 1.82) is 0 Å². The van der Waals surface area contributed by atoms with Gasteiger partial charge < -0.3 is 4.90 Å². The Morgan fingerprint density at radius 3 is 2.94 bits per heavy atom. The number of hydrogen-bond acceptors (Lipinski definition) is 2. The second-order valence-corrected chi connectivity index (χ2v) is 5.28. The fraction of sp³-hybridized carbons (Fsp3) is 0.154. The van der Waals surface area contributed by atoms with E-state index in [1.54, 1.807) is 6.20 Å². The molecule has 0 amide bonds. The van der Waals surface area contributed by atoms with Gasteiger partial charge in [-0.1, -0.05) is 29.8 Å². The lowest BCUT2D eigenvalue weighted by molar-refractivity contribution is 0.970. The number of anilines is 2. The van der Waals surface area contributed by atoms with Crippen LogP contribution in [0.5, 0.6) is 0 Å². The van der Waals surface area contributed by atoms with E-state index < -0.39 is 0 Å². The number of fused-ring (bicyclic) bond motifs is 1. The van der Waals surface area contributed by atoms with E-state index in [9.17, 15) is 0 Å². The number of pyridine rings is 1. The van der Waals surface area contributed by atoms with Gasteiger partial charge in [0.05, 0.1) is 9.50 Å². The van der Waals surface area contributed by atoms with E-state index in [0.717, 1.165) is 23.3 Å². The van der Waals surface area contributed by atoms with Gasteiger partial charge in [0, 0.05) is 18.4 Å². The first-order valence-electron chi connectivity index (χ1n) is 5.42. The molecule has 0 fully saturated rings. The molecule has 86 valence electrons. The van der Waals surface area contributed by atoms with Crippen LogP contribution in [0.3, 0.4) is 0 Å². The lowest BCUT2D eigenvalue weighted by Gasteiger charge is -2.19. The van der Waals surface area contributed by atoms with E-state index in [4.69, 9.17) is 11.6 Å². The van der Waals surface area contributed by atoms with Crippen molar-refractivity contribution >= 4 is 39.0 Å². The van der Waals surface area contributed by atoms with Gasteiger partial charge in [-0.25, -0.2) is 4.98 Å². The van der Waals surface area contributed by atoms with Crippen LogP contribution in [-0.2, 0) is 6.42 Å². The van der Waals surface area contributed by atoms with Crippen molar-refractivity contribution in [2.75, 3.05) is 11.4 Å². The van der Waals surface area contributed by atoms with E-state index in [-0.39, 0.29) is 0 Å². The van der Waals surface area contributed by atoms with Crippen LogP contribution in [0, 0.1) is 0 Å². The fourth-order valence-electron chi connectivity index (χ4n) is 2.16. The average Bonchev–Trinajstić information content (AvgIpc) is 2.73. The van der Waals surface area contributed by atoms with Gasteiger partial charge >= 0.3 is 0 Å². The summed E-state index contributed by atoms with van der Waals surface area (Å²) in [7, 11) is 0. The minimum absolute atomic E-state index is 0.646. The molecule has 1 aromatic carbocycles. The molecule has 0 unspecified atom stereocenters. The highest BCUT2D eigenvalue weighted by Gasteiger charge is 2.22. The molecule has 0 radical (unpaired) electrons. The summed E-state index contributed by atoms with van der Waals surface area (Å²) in [6.45, 7) is 0.965. The Balaban J connectivity index is 2.07. The van der Waals surface area contributed by atoms with Crippen molar-refractivity contribution in [3.8, 4) is 0 Å². The number of para-hydroxylation sites is 1. The Hall–Kier alpha value is -1.06. The standard InChI is InChI=1S/C13H10BrClN2/c14-11-7-10(15)8-16-13(11)17-6-5-9-3-1-2-4-12(9)17/h1-4,7-8H,5-6H2. The summed E-state index contributed by atoms with van der Waals surface area (Å²) in [4.78, 5) is 6.62. The third-order valence-electron chi connectivity index (χ3n) is 2.93. The van der Waals surface area contributed by atoms with Crippen molar-refractivity contribution in [2.45, 2.75) is 6.42 Å². The molecular weight excluding hydrogens is 300 g/mol. The highest BCUT2D eigenvalue weighted by molar-refractivity contribution is 9.10. The zero-order valence-corrected chi connectivity index (χ0v) is 11.4. The molecule has 1 aromatic heterocycles. The third kappa shape index (κ3) is 1.94. The molecule has 4 heteroatoms. The van der Waals surface area contributed by atoms with Crippen LogP contribution in [0.4, 0.5) is 11.5 Å². The number of hydrogen-bond donors (Lipinski definition) is 0. The molecule has 2 nitrogen and oxygen atoms in total. The summed E-state index contributed by atoms with van der Waals surface area (Å²) in [6.07, 6.45) is 2.75. The van der Waals surface area contributed by atoms with Gasteiger partial charge in [0.1, 0.15) is 5.82 Å². The Kier molecular flexibility index (Phi) is 2.81. The van der Waals surface area contributed by atoms with Crippen LogP contribution < -0.4 is 4.90 Å². The molecule has 2 aromatic rings. The topological polar surface area (TPSA) is 16.1 Å². The number of benzene rings is 1. The summed E-state index contributed by atoms with van der Waals surface area (Å²) in [6, 6.07) is 10.3. The maximum Gasteiger partial charge on any atom is 0.147 e. The van der Waals surface area contributed by atoms with E-state index in [2.05, 4.69) is 50.1 Å². The summed E-state index contributed by atoms with van der Waals surface area (Å²) in [5.41, 5.74) is 2.61. The van der Waals surface area contributed by atoms with Gasteiger partial charge in [-0.2, -0.15) is 0 Å². The molecule has 0 bridgehead atoms. The second kappa shape index (κ2) is 4.31. The quantitative estimate of drug-likeness (QED) is 0.785. The summed E-state index contributed by atoms with van der Waals surface area (Å²) >= 11 is 9.43. The van der Waals surface area contributed by atoms with E-state index in [0.29, 0.717) is 5.02 Å². The zero-order chi connectivity index (χ0) is 11.8. The van der Waals surface area contributed by atoms with Gasteiger partial charge in [-0.3, -0.25) is 0 Å². The molecular formula is C13H10BrClN2. The maximum absolute atomic E-state index is 5.91. The van der Waals surface area contributed by atoms with Gasteiger partial charge in [-0.05, 0) is 40.0 Å². The number of nitrogens with zero attached hydrogens (tertiary/aromatic N) is 2. The lowest BCUT2D eigenvalue weighted by atomic mass is 10.2. The molecule has 0 saturated heterocycles. The number of aromatic nitrogens is 1. The summed E-state index contributed by atoms with van der Waals surface area (Å²) < 4.78 is 0.932. The van der Waals surface area contributed by atoms with Crippen molar-refractivity contribution < 1.29 is 0 Å². The van der Waals surface area contributed by atoms with Crippen molar-refractivity contribution in [3.05, 3.63) is 51.6 Å². The molecule has 3 rings (SSSR count). The first kappa shape index (κ1) is 11.1. The van der Waals surface area contributed by atoms with Crippen molar-refractivity contribution in [2.24, 2.45) is 0 Å². The summed E-state index contributed by atoms with van der Waals surface area (Å²) in [5, 5.41) is 0.646. The monoisotopic (exact) mass is 308 g/mol. The van der Waals surface area contributed by atoms with Crippen LogP contribution in [0.15, 0.2) is 41.0 Å². The highest BCUT2D eigenvalue weighted by atomic mass is 79.9. The molecule has 2 heterocycles. The largest absolute Gasteiger partial charge is 0.325 e. The molecule has 0 spiro atoms. The maximum atomic E-state index is 5.91. The Labute approximate surface area is 113 Å². The molecule has 0 N–H and O–H groups in total. The molecule has 0 saturated carbocycles. The van der Waals surface area contributed by atoms with E-state index in [1.165, 1.54) is 11.3 Å².